The lowest BCUT2D eigenvalue weighted by atomic mass is 10.0. The lowest BCUT2D eigenvalue weighted by Crippen LogP contribution is -2.54. The van der Waals surface area contributed by atoms with Crippen molar-refractivity contribution in [1.82, 2.24) is 5.32 Å². The Morgan fingerprint density at radius 1 is 1.28 bits per heavy atom. The molecule has 7 nitrogen and oxygen atoms in total. The molecular weight excluding hydrogens is 392 g/mol. The molecule has 0 aromatic heterocycles. The molecule has 0 amide bonds. The van der Waals surface area contributed by atoms with Crippen LogP contribution in [0.15, 0.2) is 35.3 Å². The van der Waals surface area contributed by atoms with Gasteiger partial charge in [0.15, 0.2) is 0 Å². The van der Waals surface area contributed by atoms with Crippen LogP contribution in [0, 0.1) is 0 Å². The van der Waals surface area contributed by atoms with E-state index >= 15 is 0 Å². The third kappa shape index (κ3) is 4.49. The molecule has 3 atom stereocenters. The largest absolute Gasteiger partial charge is 0.459 e. The Morgan fingerprint density at radius 3 is 2.52 bits per heavy atom. The van der Waals surface area contributed by atoms with E-state index in [2.05, 4.69) is 10.3 Å². The molecule has 0 saturated carbocycles. The van der Waals surface area contributed by atoms with Crippen LogP contribution in [0.3, 0.4) is 0 Å². The van der Waals surface area contributed by atoms with Gasteiger partial charge in [0, 0.05) is 18.3 Å². The standard InChI is InChI=1S/C21H28N2O5S/c1-19(2,3)28-16(24)15-20(4,5)29-17(22-15)21(26-6)18(25)27-14(23-21)12-13-10-8-7-9-11-13/h7-11,15,17,22H,12H2,1-6H3. The highest BCUT2D eigenvalue weighted by atomic mass is 32.2. The number of esters is 2. The Balaban J connectivity index is 1.83. The summed E-state index contributed by atoms with van der Waals surface area (Å²) in [6, 6.07) is 9.01. The Morgan fingerprint density at radius 2 is 1.93 bits per heavy atom. The van der Waals surface area contributed by atoms with Gasteiger partial charge in [0.2, 0.25) is 5.90 Å². The summed E-state index contributed by atoms with van der Waals surface area (Å²) in [7, 11) is 1.42. The second-order valence-electron chi connectivity index (χ2n) is 8.69. The Bertz CT molecular complexity index is 818. The molecule has 1 aromatic carbocycles. The van der Waals surface area contributed by atoms with E-state index in [-0.39, 0.29) is 5.97 Å². The lowest BCUT2D eigenvalue weighted by molar-refractivity contribution is -0.161. The number of rotatable bonds is 5. The second-order valence-corrected chi connectivity index (χ2v) is 10.5. The van der Waals surface area contributed by atoms with Crippen molar-refractivity contribution in [2.75, 3.05) is 7.11 Å². The molecule has 158 valence electrons. The minimum absolute atomic E-state index is 0.295. The first-order chi connectivity index (χ1) is 13.5. The minimum atomic E-state index is -1.55. The van der Waals surface area contributed by atoms with Crippen LogP contribution in [0.4, 0.5) is 0 Å². The molecule has 3 rings (SSSR count). The van der Waals surface area contributed by atoms with Gasteiger partial charge in [-0.25, -0.2) is 9.79 Å². The number of aliphatic imine (C=N–C) groups is 1. The molecule has 8 heteroatoms. The van der Waals surface area contributed by atoms with E-state index in [1.165, 1.54) is 18.9 Å². The van der Waals surface area contributed by atoms with Crippen molar-refractivity contribution in [2.24, 2.45) is 4.99 Å². The molecule has 2 aliphatic heterocycles. The Hall–Kier alpha value is -1.90. The highest BCUT2D eigenvalue weighted by Gasteiger charge is 2.60. The van der Waals surface area contributed by atoms with Crippen molar-refractivity contribution < 1.29 is 23.8 Å². The van der Waals surface area contributed by atoms with Gasteiger partial charge in [-0.3, -0.25) is 10.1 Å². The summed E-state index contributed by atoms with van der Waals surface area (Å²) >= 11 is 1.42. The van der Waals surface area contributed by atoms with Crippen LogP contribution in [-0.2, 0) is 30.2 Å². The van der Waals surface area contributed by atoms with Crippen LogP contribution >= 0.6 is 11.8 Å². The fourth-order valence-electron chi connectivity index (χ4n) is 3.34. The number of thioether (sulfide) groups is 1. The third-order valence-corrected chi connectivity index (χ3v) is 6.27. The third-order valence-electron chi connectivity index (χ3n) is 4.74. The number of methoxy groups -OCH3 is 1. The quantitative estimate of drug-likeness (QED) is 0.733. The summed E-state index contributed by atoms with van der Waals surface area (Å²) in [5, 5.41) is 2.61. The molecule has 2 heterocycles. The van der Waals surface area contributed by atoms with Crippen LogP contribution in [-0.4, -0.2) is 52.4 Å². The molecule has 1 aromatic rings. The first-order valence-electron chi connectivity index (χ1n) is 9.54. The molecule has 0 bridgehead atoms. The number of carbonyl (C=O) groups excluding carboxylic acids is 2. The molecule has 1 N–H and O–H groups in total. The van der Waals surface area contributed by atoms with Crippen molar-refractivity contribution >= 4 is 29.6 Å². The normalized spacial score (nSPS) is 28.8. The first-order valence-corrected chi connectivity index (χ1v) is 10.4. The van der Waals surface area contributed by atoms with E-state index in [1.54, 1.807) is 0 Å². The molecule has 29 heavy (non-hydrogen) atoms. The number of benzene rings is 1. The summed E-state index contributed by atoms with van der Waals surface area (Å²) in [5.41, 5.74) is -1.18. The number of hydrogen-bond acceptors (Lipinski definition) is 8. The average molecular weight is 421 g/mol. The number of hydrogen-bond donors (Lipinski definition) is 1. The lowest BCUT2D eigenvalue weighted by Gasteiger charge is -2.27. The Kier molecular flexibility index (Phi) is 5.82. The predicted molar refractivity (Wildman–Crippen MR) is 112 cm³/mol. The molecular formula is C21H28N2O5S. The molecule has 0 spiro atoms. The van der Waals surface area contributed by atoms with Gasteiger partial charge < -0.3 is 14.2 Å². The molecule has 0 aliphatic carbocycles. The minimum Gasteiger partial charge on any atom is -0.459 e. The van der Waals surface area contributed by atoms with Crippen LogP contribution < -0.4 is 5.32 Å². The molecule has 0 radical (unpaired) electrons. The Labute approximate surface area is 175 Å². The smallest absolute Gasteiger partial charge is 0.371 e. The number of nitrogens with one attached hydrogen (secondary N) is 1. The molecule has 2 aliphatic rings. The van der Waals surface area contributed by atoms with Crippen molar-refractivity contribution in [1.29, 1.82) is 0 Å². The van der Waals surface area contributed by atoms with Gasteiger partial charge in [-0.05, 0) is 40.2 Å². The van der Waals surface area contributed by atoms with Crippen molar-refractivity contribution in [3.63, 3.8) is 0 Å². The van der Waals surface area contributed by atoms with Crippen molar-refractivity contribution in [2.45, 2.75) is 68.5 Å². The van der Waals surface area contributed by atoms with Crippen LogP contribution in [0.25, 0.3) is 0 Å². The van der Waals surface area contributed by atoms with Gasteiger partial charge in [0.25, 0.3) is 5.72 Å². The van der Waals surface area contributed by atoms with Gasteiger partial charge >= 0.3 is 11.9 Å². The van der Waals surface area contributed by atoms with Crippen molar-refractivity contribution in [3.8, 4) is 0 Å². The van der Waals surface area contributed by atoms with E-state index in [1.807, 2.05) is 65.0 Å². The maximum absolute atomic E-state index is 12.8. The molecule has 1 fully saturated rings. The zero-order chi connectivity index (χ0) is 21.4. The summed E-state index contributed by atoms with van der Waals surface area (Å²) < 4.78 is 16.1. The van der Waals surface area contributed by atoms with E-state index in [4.69, 9.17) is 14.2 Å². The van der Waals surface area contributed by atoms with Crippen molar-refractivity contribution in [3.05, 3.63) is 35.9 Å². The maximum atomic E-state index is 12.8. The highest BCUT2D eigenvalue weighted by molar-refractivity contribution is 8.01. The predicted octanol–water partition coefficient (Wildman–Crippen LogP) is 2.68. The van der Waals surface area contributed by atoms with E-state index < -0.39 is 33.5 Å². The summed E-state index contributed by atoms with van der Waals surface area (Å²) in [6.45, 7) is 9.32. The summed E-state index contributed by atoms with van der Waals surface area (Å²) in [6.07, 6.45) is 0.383. The topological polar surface area (TPSA) is 86.2 Å². The number of nitrogens with zero attached hydrogens (tertiary/aromatic N) is 1. The average Bonchev–Trinajstić information content (AvgIpc) is 3.11. The fraction of sp³-hybridized carbons (Fsp3) is 0.571. The SMILES string of the molecule is COC1(C2NC(C(=O)OC(C)(C)C)C(C)(C)S2)N=C(Cc2ccccc2)OC1=O. The molecule has 3 unspecified atom stereocenters. The second kappa shape index (κ2) is 7.74. The van der Waals surface area contributed by atoms with Gasteiger partial charge in [-0.1, -0.05) is 30.3 Å². The van der Waals surface area contributed by atoms with Crippen LogP contribution in [0.5, 0.6) is 0 Å². The zero-order valence-electron chi connectivity index (χ0n) is 17.6. The van der Waals surface area contributed by atoms with Crippen LogP contribution in [0.2, 0.25) is 0 Å². The number of cyclic esters (lactones) is 1. The van der Waals surface area contributed by atoms with Gasteiger partial charge in [0.05, 0.1) is 0 Å². The fourth-order valence-corrected chi connectivity index (χ4v) is 4.86. The summed E-state index contributed by atoms with van der Waals surface area (Å²) in [4.78, 5) is 30.0. The monoisotopic (exact) mass is 420 g/mol. The molecule has 1 saturated heterocycles. The van der Waals surface area contributed by atoms with Gasteiger partial charge in [-0.15, -0.1) is 11.8 Å². The first kappa shape index (κ1) is 21.8. The zero-order valence-corrected chi connectivity index (χ0v) is 18.5. The maximum Gasteiger partial charge on any atom is 0.371 e. The summed E-state index contributed by atoms with van der Waals surface area (Å²) in [5.74, 6) is -0.663. The van der Waals surface area contributed by atoms with E-state index in [0.29, 0.717) is 12.3 Å². The van der Waals surface area contributed by atoms with E-state index in [0.717, 1.165) is 5.56 Å². The highest BCUT2D eigenvalue weighted by Crippen LogP contribution is 2.45. The van der Waals surface area contributed by atoms with Crippen LogP contribution in [0.1, 0.15) is 40.2 Å². The van der Waals surface area contributed by atoms with Gasteiger partial charge in [-0.2, -0.15) is 0 Å². The van der Waals surface area contributed by atoms with Gasteiger partial charge in [0.1, 0.15) is 17.0 Å². The number of carbonyl (C=O) groups is 2. The number of ether oxygens (including phenoxy) is 3. The van der Waals surface area contributed by atoms with E-state index in [9.17, 15) is 9.59 Å².